The van der Waals surface area contributed by atoms with Crippen molar-refractivity contribution in [2.24, 2.45) is 0 Å². The molecule has 1 amide bonds. The minimum atomic E-state index is -0.00277. The molecule has 0 N–H and O–H groups in total. The van der Waals surface area contributed by atoms with E-state index in [-0.39, 0.29) is 11.4 Å². The first-order valence-corrected chi connectivity index (χ1v) is 8.41. The van der Waals surface area contributed by atoms with Gasteiger partial charge in [0.1, 0.15) is 0 Å². The van der Waals surface area contributed by atoms with E-state index in [0.29, 0.717) is 5.75 Å². The van der Waals surface area contributed by atoms with Crippen molar-refractivity contribution in [3.63, 3.8) is 0 Å². The van der Waals surface area contributed by atoms with Crippen LogP contribution in [0.15, 0.2) is 48.5 Å². The van der Waals surface area contributed by atoms with Crippen molar-refractivity contribution < 1.29 is 4.79 Å². The summed E-state index contributed by atoms with van der Waals surface area (Å²) < 4.78 is 0. The van der Waals surface area contributed by atoms with Gasteiger partial charge in [-0.25, -0.2) is 0 Å². The van der Waals surface area contributed by atoms with Crippen molar-refractivity contribution >= 4 is 29.0 Å². The lowest BCUT2D eigenvalue weighted by Crippen LogP contribution is -2.43. The lowest BCUT2D eigenvalue weighted by atomic mass is 10.2. The molecule has 114 valence electrons. The first-order chi connectivity index (χ1) is 10.6. The maximum Gasteiger partial charge on any atom is 0.239 e. The Bertz CT molecular complexity index is 684. The van der Waals surface area contributed by atoms with E-state index in [2.05, 4.69) is 55.1 Å². The molecule has 1 unspecified atom stereocenters. The second-order valence-corrected chi connectivity index (χ2v) is 6.73. The molecule has 2 aromatic carbocycles. The number of aryl methyl sites for hydroxylation is 2. The molecule has 1 saturated heterocycles. The van der Waals surface area contributed by atoms with Crippen LogP contribution >= 0.6 is 11.8 Å². The Morgan fingerprint density at radius 3 is 2.50 bits per heavy atom. The fraction of sp³-hybridized carbons (Fsp3) is 0.278. The van der Waals surface area contributed by atoms with E-state index in [9.17, 15) is 4.79 Å². The van der Waals surface area contributed by atoms with Crippen molar-refractivity contribution in [3.05, 3.63) is 59.7 Å². The number of carbonyl (C=O) groups excluding carboxylic acids is 1. The van der Waals surface area contributed by atoms with Gasteiger partial charge in [-0.3, -0.25) is 9.69 Å². The minimum Gasteiger partial charge on any atom is -0.345 e. The molecule has 0 radical (unpaired) electrons. The van der Waals surface area contributed by atoms with Crippen LogP contribution in [0.1, 0.15) is 11.1 Å². The maximum absolute atomic E-state index is 12.4. The van der Waals surface area contributed by atoms with Gasteiger partial charge in [-0.2, -0.15) is 0 Å². The molecule has 1 heterocycles. The van der Waals surface area contributed by atoms with Crippen LogP contribution in [0, 0.1) is 13.8 Å². The van der Waals surface area contributed by atoms with E-state index in [0.717, 1.165) is 11.4 Å². The summed E-state index contributed by atoms with van der Waals surface area (Å²) in [7, 11) is 2.05. The minimum absolute atomic E-state index is 0.00277. The predicted octanol–water partition coefficient (Wildman–Crippen LogP) is 3.80. The molecule has 1 aliphatic heterocycles. The first-order valence-electron chi connectivity index (χ1n) is 7.36. The summed E-state index contributed by atoms with van der Waals surface area (Å²) >= 11 is 1.67. The molecule has 3 rings (SSSR count). The van der Waals surface area contributed by atoms with Crippen LogP contribution in [0.5, 0.6) is 0 Å². The van der Waals surface area contributed by atoms with Crippen LogP contribution in [-0.2, 0) is 4.79 Å². The zero-order valence-corrected chi connectivity index (χ0v) is 13.9. The average Bonchev–Trinajstić information content (AvgIpc) is 2.89. The molecule has 3 nitrogen and oxygen atoms in total. The van der Waals surface area contributed by atoms with Crippen molar-refractivity contribution in [1.29, 1.82) is 0 Å². The molecule has 0 aliphatic carbocycles. The fourth-order valence-corrected chi connectivity index (χ4v) is 3.82. The third kappa shape index (κ3) is 2.83. The number of amides is 1. The second kappa shape index (κ2) is 6.05. The van der Waals surface area contributed by atoms with Crippen LogP contribution in [0.25, 0.3) is 0 Å². The number of hydrogen-bond acceptors (Lipinski definition) is 3. The average molecular weight is 312 g/mol. The molecule has 1 fully saturated rings. The van der Waals surface area contributed by atoms with Crippen LogP contribution in [0.3, 0.4) is 0 Å². The maximum atomic E-state index is 12.4. The Hall–Kier alpha value is -1.94. The number of rotatable bonds is 3. The van der Waals surface area contributed by atoms with Gasteiger partial charge in [-0.1, -0.05) is 29.8 Å². The van der Waals surface area contributed by atoms with Gasteiger partial charge in [-0.05, 0) is 43.7 Å². The number of benzene rings is 2. The molecule has 0 spiro atoms. The van der Waals surface area contributed by atoms with E-state index in [1.807, 2.05) is 24.1 Å². The highest BCUT2D eigenvalue weighted by Crippen LogP contribution is 2.34. The van der Waals surface area contributed by atoms with E-state index >= 15 is 0 Å². The molecule has 1 atom stereocenters. The molecule has 0 bridgehead atoms. The summed E-state index contributed by atoms with van der Waals surface area (Å²) in [4.78, 5) is 16.4. The summed E-state index contributed by atoms with van der Waals surface area (Å²) in [6.45, 7) is 4.13. The smallest absolute Gasteiger partial charge is 0.239 e. The fourth-order valence-electron chi connectivity index (χ4n) is 2.65. The molecule has 22 heavy (non-hydrogen) atoms. The molecule has 4 heteroatoms. The number of carbonyl (C=O) groups is 1. The van der Waals surface area contributed by atoms with Crippen molar-refractivity contribution in [1.82, 2.24) is 0 Å². The van der Waals surface area contributed by atoms with Gasteiger partial charge in [-0.15, -0.1) is 11.8 Å². The Kier molecular flexibility index (Phi) is 4.12. The van der Waals surface area contributed by atoms with Crippen LogP contribution in [-0.4, -0.2) is 24.2 Å². The van der Waals surface area contributed by atoms with Crippen molar-refractivity contribution in [2.75, 3.05) is 22.6 Å². The molecular weight excluding hydrogens is 292 g/mol. The number of nitrogens with zero attached hydrogens (tertiary/aromatic N) is 2. The lowest BCUT2D eigenvalue weighted by Gasteiger charge is -2.33. The van der Waals surface area contributed by atoms with Gasteiger partial charge in [0, 0.05) is 18.4 Å². The van der Waals surface area contributed by atoms with E-state index in [4.69, 9.17) is 0 Å². The van der Waals surface area contributed by atoms with Crippen LogP contribution in [0.2, 0.25) is 0 Å². The highest BCUT2D eigenvalue weighted by Gasteiger charge is 2.35. The predicted molar refractivity (Wildman–Crippen MR) is 94.5 cm³/mol. The van der Waals surface area contributed by atoms with Gasteiger partial charge >= 0.3 is 0 Å². The third-order valence-corrected chi connectivity index (χ3v) is 5.14. The summed E-state index contributed by atoms with van der Waals surface area (Å²) in [5.74, 6) is 0.689. The number of thioether (sulfide) groups is 1. The van der Waals surface area contributed by atoms with E-state index < -0.39 is 0 Å². The zero-order chi connectivity index (χ0) is 15.7. The zero-order valence-electron chi connectivity index (χ0n) is 13.1. The standard InChI is InChI=1S/C18H20N2OS/c1-13-7-9-15(10-8-13)19(3)18-20(17(21)12-22-18)16-6-4-5-14(2)11-16/h4-11,18H,12H2,1-3H3. The Balaban J connectivity index is 1.91. The van der Waals surface area contributed by atoms with E-state index in [1.54, 1.807) is 11.8 Å². The van der Waals surface area contributed by atoms with Gasteiger partial charge in [0.15, 0.2) is 5.50 Å². The summed E-state index contributed by atoms with van der Waals surface area (Å²) in [6.07, 6.45) is 0. The number of hydrogen-bond donors (Lipinski definition) is 0. The van der Waals surface area contributed by atoms with Crippen molar-refractivity contribution in [2.45, 2.75) is 19.3 Å². The van der Waals surface area contributed by atoms with Crippen LogP contribution < -0.4 is 9.80 Å². The first kappa shape index (κ1) is 15.0. The summed E-state index contributed by atoms with van der Waals surface area (Å²) in [5.41, 5.74) is 4.49. The Labute approximate surface area is 135 Å². The largest absolute Gasteiger partial charge is 0.345 e. The monoisotopic (exact) mass is 312 g/mol. The van der Waals surface area contributed by atoms with Gasteiger partial charge in [0.05, 0.1) is 5.75 Å². The molecule has 0 saturated carbocycles. The summed E-state index contributed by atoms with van der Waals surface area (Å²) in [6, 6.07) is 16.5. The second-order valence-electron chi connectivity index (χ2n) is 5.69. The topological polar surface area (TPSA) is 23.6 Å². The van der Waals surface area contributed by atoms with Crippen LogP contribution in [0.4, 0.5) is 11.4 Å². The van der Waals surface area contributed by atoms with Crippen molar-refractivity contribution in [3.8, 4) is 0 Å². The molecule has 2 aromatic rings. The van der Waals surface area contributed by atoms with Gasteiger partial charge < -0.3 is 4.90 Å². The number of anilines is 2. The normalized spacial score (nSPS) is 17.9. The van der Waals surface area contributed by atoms with E-state index in [1.165, 1.54) is 11.1 Å². The van der Waals surface area contributed by atoms with Gasteiger partial charge in [0.25, 0.3) is 0 Å². The highest BCUT2D eigenvalue weighted by atomic mass is 32.2. The lowest BCUT2D eigenvalue weighted by molar-refractivity contribution is -0.115. The highest BCUT2D eigenvalue weighted by molar-refractivity contribution is 8.01. The third-order valence-electron chi connectivity index (χ3n) is 3.90. The van der Waals surface area contributed by atoms with Gasteiger partial charge in [0.2, 0.25) is 5.91 Å². The Morgan fingerprint density at radius 1 is 1.09 bits per heavy atom. The Morgan fingerprint density at radius 2 is 1.82 bits per heavy atom. The SMILES string of the molecule is Cc1ccc(N(C)C2SCC(=O)N2c2cccc(C)c2)cc1. The molecular formula is C18H20N2OS. The molecule has 0 aromatic heterocycles. The molecule has 1 aliphatic rings. The summed E-state index contributed by atoms with van der Waals surface area (Å²) in [5, 5.41) is 0. The quantitative estimate of drug-likeness (QED) is 0.861.